The number of anilines is 2. The van der Waals surface area contributed by atoms with E-state index < -0.39 is 0 Å². The molecule has 4 heterocycles. The molecular formula is C16H14N6S. The zero-order valence-corrected chi connectivity index (χ0v) is 13.2. The predicted molar refractivity (Wildman–Crippen MR) is 90.8 cm³/mol. The molecule has 114 valence electrons. The Morgan fingerprint density at radius 3 is 2.57 bits per heavy atom. The third-order valence-electron chi connectivity index (χ3n) is 4.05. The molecule has 0 N–H and O–H groups in total. The lowest BCUT2D eigenvalue weighted by Gasteiger charge is -2.36. The summed E-state index contributed by atoms with van der Waals surface area (Å²) < 4.78 is 0. The number of aromatic nitrogens is 3. The Morgan fingerprint density at radius 1 is 1.00 bits per heavy atom. The molecule has 1 aliphatic heterocycles. The van der Waals surface area contributed by atoms with E-state index in [9.17, 15) is 0 Å². The number of nitriles is 1. The van der Waals surface area contributed by atoms with Crippen LogP contribution in [0.4, 0.5) is 11.5 Å². The fraction of sp³-hybridized carbons (Fsp3) is 0.250. The van der Waals surface area contributed by atoms with E-state index in [2.05, 4.69) is 36.2 Å². The van der Waals surface area contributed by atoms with Crippen LogP contribution in [0, 0.1) is 11.3 Å². The molecule has 0 atom stereocenters. The zero-order valence-electron chi connectivity index (χ0n) is 12.4. The molecule has 0 saturated carbocycles. The van der Waals surface area contributed by atoms with Gasteiger partial charge in [0.05, 0.1) is 17.3 Å². The van der Waals surface area contributed by atoms with E-state index in [1.807, 2.05) is 12.1 Å². The average molecular weight is 322 g/mol. The average Bonchev–Trinajstić information content (AvgIpc) is 3.11. The molecule has 0 unspecified atom stereocenters. The number of thiophene rings is 1. The SMILES string of the molecule is N#Cc1ccc(N2CCN(c3ncnc4sccc34)CC2)cn1. The van der Waals surface area contributed by atoms with Gasteiger partial charge >= 0.3 is 0 Å². The van der Waals surface area contributed by atoms with Gasteiger partial charge in [0, 0.05) is 26.2 Å². The molecule has 0 aromatic carbocycles. The van der Waals surface area contributed by atoms with Crippen LogP contribution in [0.2, 0.25) is 0 Å². The normalized spacial score (nSPS) is 14.9. The Hall–Kier alpha value is -2.72. The molecule has 7 heteroatoms. The molecule has 3 aromatic heterocycles. The molecule has 1 saturated heterocycles. The maximum absolute atomic E-state index is 8.82. The second kappa shape index (κ2) is 5.82. The monoisotopic (exact) mass is 322 g/mol. The largest absolute Gasteiger partial charge is 0.367 e. The van der Waals surface area contributed by atoms with Gasteiger partial charge in [-0.2, -0.15) is 5.26 Å². The lowest BCUT2D eigenvalue weighted by atomic mass is 10.2. The lowest BCUT2D eigenvalue weighted by Crippen LogP contribution is -2.46. The molecular weight excluding hydrogens is 308 g/mol. The minimum Gasteiger partial charge on any atom is -0.367 e. The van der Waals surface area contributed by atoms with Crippen molar-refractivity contribution in [2.45, 2.75) is 0 Å². The second-order valence-electron chi connectivity index (χ2n) is 5.32. The Balaban J connectivity index is 1.50. The van der Waals surface area contributed by atoms with E-state index in [1.54, 1.807) is 29.9 Å². The Kier molecular flexibility index (Phi) is 3.52. The van der Waals surface area contributed by atoms with Crippen LogP contribution in [0.5, 0.6) is 0 Å². The van der Waals surface area contributed by atoms with Crippen LogP contribution in [-0.4, -0.2) is 41.1 Å². The standard InChI is InChI=1S/C16H14N6S/c17-9-12-1-2-13(10-18-12)21-4-6-22(7-5-21)15-14-3-8-23-16(14)20-11-19-15/h1-3,8,10-11H,4-7H2. The molecule has 0 radical (unpaired) electrons. The Bertz CT molecular complexity index is 858. The third kappa shape index (κ3) is 2.58. The van der Waals surface area contributed by atoms with Gasteiger partial charge in [-0.3, -0.25) is 0 Å². The van der Waals surface area contributed by atoms with Crippen molar-refractivity contribution >= 4 is 33.1 Å². The van der Waals surface area contributed by atoms with Crippen LogP contribution in [-0.2, 0) is 0 Å². The van der Waals surface area contributed by atoms with Gasteiger partial charge < -0.3 is 9.80 Å². The van der Waals surface area contributed by atoms with Gasteiger partial charge in [0.15, 0.2) is 0 Å². The minimum atomic E-state index is 0.452. The first-order valence-electron chi connectivity index (χ1n) is 7.39. The van der Waals surface area contributed by atoms with Gasteiger partial charge in [-0.25, -0.2) is 15.0 Å². The van der Waals surface area contributed by atoms with Crippen molar-refractivity contribution in [2.75, 3.05) is 36.0 Å². The van der Waals surface area contributed by atoms with Gasteiger partial charge in [0.2, 0.25) is 0 Å². The minimum absolute atomic E-state index is 0.452. The van der Waals surface area contributed by atoms with Gasteiger partial charge in [0.25, 0.3) is 0 Å². The van der Waals surface area contributed by atoms with E-state index in [0.717, 1.165) is 47.9 Å². The highest BCUT2D eigenvalue weighted by atomic mass is 32.1. The first-order valence-corrected chi connectivity index (χ1v) is 8.27. The van der Waals surface area contributed by atoms with Crippen LogP contribution in [0.25, 0.3) is 10.2 Å². The summed E-state index contributed by atoms with van der Waals surface area (Å²) in [7, 11) is 0. The molecule has 0 bridgehead atoms. The molecule has 6 nitrogen and oxygen atoms in total. The van der Waals surface area contributed by atoms with Crippen molar-refractivity contribution in [3.05, 3.63) is 41.8 Å². The van der Waals surface area contributed by atoms with E-state index in [-0.39, 0.29) is 0 Å². The summed E-state index contributed by atoms with van der Waals surface area (Å²) in [5.41, 5.74) is 1.51. The number of piperazine rings is 1. The van der Waals surface area contributed by atoms with Crippen LogP contribution in [0.1, 0.15) is 5.69 Å². The fourth-order valence-corrected chi connectivity index (χ4v) is 3.57. The maximum Gasteiger partial charge on any atom is 0.140 e. The van der Waals surface area contributed by atoms with Crippen molar-refractivity contribution < 1.29 is 0 Å². The topological polar surface area (TPSA) is 68.9 Å². The molecule has 0 spiro atoms. The maximum atomic E-state index is 8.82. The summed E-state index contributed by atoms with van der Waals surface area (Å²) in [5, 5.41) is 12.0. The van der Waals surface area contributed by atoms with Gasteiger partial charge in [-0.1, -0.05) is 0 Å². The van der Waals surface area contributed by atoms with Crippen LogP contribution in [0.15, 0.2) is 36.1 Å². The smallest absolute Gasteiger partial charge is 0.140 e. The van der Waals surface area contributed by atoms with Crippen molar-refractivity contribution in [3.63, 3.8) is 0 Å². The number of pyridine rings is 1. The fourth-order valence-electron chi connectivity index (χ4n) is 2.84. The summed E-state index contributed by atoms with van der Waals surface area (Å²) in [6.07, 6.45) is 3.42. The number of fused-ring (bicyclic) bond motifs is 1. The van der Waals surface area contributed by atoms with Crippen molar-refractivity contribution in [1.82, 2.24) is 15.0 Å². The first kappa shape index (κ1) is 13.9. The number of rotatable bonds is 2. The summed E-state index contributed by atoms with van der Waals surface area (Å²) in [5.74, 6) is 1.02. The van der Waals surface area contributed by atoms with Crippen molar-refractivity contribution in [1.29, 1.82) is 5.26 Å². The highest BCUT2D eigenvalue weighted by Gasteiger charge is 2.20. The Labute approximate surface area is 137 Å². The first-order chi connectivity index (χ1) is 11.3. The highest BCUT2D eigenvalue weighted by Crippen LogP contribution is 2.28. The van der Waals surface area contributed by atoms with Crippen molar-refractivity contribution in [3.8, 4) is 6.07 Å². The zero-order chi connectivity index (χ0) is 15.6. The second-order valence-corrected chi connectivity index (χ2v) is 6.22. The van der Waals surface area contributed by atoms with Crippen LogP contribution in [0.3, 0.4) is 0 Å². The molecule has 0 amide bonds. The van der Waals surface area contributed by atoms with Crippen LogP contribution >= 0.6 is 11.3 Å². The predicted octanol–water partition coefficient (Wildman–Crippen LogP) is 2.28. The molecule has 1 fully saturated rings. The summed E-state index contributed by atoms with van der Waals surface area (Å²) in [4.78, 5) is 18.6. The molecule has 4 rings (SSSR count). The molecule has 23 heavy (non-hydrogen) atoms. The summed E-state index contributed by atoms with van der Waals surface area (Å²) in [6.45, 7) is 3.62. The highest BCUT2D eigenvalue weighted by molar-refractivity contribution is 7.16. The lowest BCUT2D eigenvalue weighted by molar-refractivity contribution is 0.648. The third-order valence-corrected chi connectivity index (χ3v) is 4.87. The van der Waals surface area contributed by atoms with Crippen LogP contribution < -0.4 is 9.80 Å². The van der Waals surface area contributed by atoms with E-state index in [1.165, 1.54) is 0 Å². The van der Waals surface area contributed by atoms with Gasteiger partial charge in [0.1, 0.15) is 28.7 Å². The number of hydrogen-bond donors (Lipinski definition) is 0. The quantitative estimate of drug-likeness (QED) is 0.721. The van der Waals surface area contributed by atoms with E-state index in [4.69, 9.17) is 5.26 Å². The van der Waals surface area contributed by atoms with E-state index >= 15 is 0 Å². The number of hydrogen-bond acceptors (Lipinski definition) is 7. The summed E-state index contributed by atoms with van der Waals surface area (Å²) in [6, 6.07) is 7.86. The van der Waals surface area contributed by atoms with Gasteiger partial charge in [-0.05, 0) is 23.6 Å². The van der Waals surface area contributed by atoms with E-state index in [0.29, 0.717) is 5.69 Å². The Morgan fingerprint density at radius 2 is 1.83 bits per heavy atom. The summed E-state index contributed by atoms with van der Waals surface area (Å²) >= 11 is 1.64. The molecule has 0 aliphatic carbocycles. The molecule has 3 aromatic rings. The number of nitrogens with zero attached hydrogens (tertiary/aromatic N) is 6. The van der Waals surface area contributed by atoms with Gasteiger partial charge in [-0.15, -0.1) is 11.3 Å². The van der Waals surface area contributed by atoms with Crippen molar-refractivity contribution in [2.24, 2.45) is 0 Å². The molecule has 1 aliphatic rings.